The molecule has 1 rings (SSSR count). The largest absolute Gasteiger partial charge is 0.388 e. The minimum Gasteiger partial charge on any atom is -0.388 e. The van der Waals surface area contributed by atoms with Crippen molar-refractivity contribution in [2.75, 3.05) is 13.7 Å². The quantitative estimate of drug-likeness (QED) is 0.433. The van der Waals surface area contributed by atoms with Gasteiger partial charge in [-0.1, -0.05) is 0 Å². The number of amides is 1. The Morgan fingerprint density at radius 2 is 2.06 bits per heavy atom. The lowest BCUT2D eigenvalue weighted by atomic mass is 9.97. The standard InChI is InChI=1S/C9H17NO6/c1-4-6(10-5(12)3-11)7(13)8(14)9(15-2)16-4/h4,6-9,11,13-14H,3H2,1-2H3,(H,10,12)/t4-,6-,7+,8+,9+/m1/s1. The maximum absolute atomic E-state index is 11.0. The van der Waals surface area contributed by atoms with Gasteiger partial charge in [-0.2, -0.15) is 0 Å². The molecule has 1 saturated heterocycles. The Morgan fingerprint density at radius 3 is 2.56 bits per heavy atom. The second-order valence-electron chi connectivity index (χ2n) is 3.68. The Morgan fingerprint density at radius 1 is 1.44 bits per heavy atom. The van der Waals surface area contributed by atoms with Gasteiger partial charge in [0.25, 0.3) is 0 Å². The van der Waals surface area contributed by atoms with Crippen LogP contribution >= 0.6 is 0 Å². The Balaban J connectivity index is 2.67. The van der Waals surface area contributed by atoms with Crippen LogP contribution in [0.2, 0.25) is 0 Å². The molecule has 4 N–H and O–H groups in total. The summed E-state index contributed by atoms with van der Waals surface area (Å²) in [6.07, 6.45) is -3.90. The van der Waals surface area contributed by atoms with Gasteiger partial charge in [0.1, 0.15) is 18.8 Å². The van der Waals surface area contributed by atoms with E-state index in [4.69, 9.17) is 14.6 Å². The normalized spacial score (nSPS) is 39.4. The van der Waals surface area contributed by atoms with Gasteiger partial charge in [0.05, 0.1) is 12.1 Å². The first-order valence-corrected chi connectivity index (χ1v) is 4.96. The molecule has 7 nitrogen and oxygen atoms in total. The van der Waals surface area contributed by atoms with E-state index in [-0.39, 0.29) is 0 Å². The molecule has 1 amide bonds. The van der Waals surface area contributed by atoms with E-state index in [0.717, 1.165) is 0 Å². The summed E-state index contributed by atoms with van der Waals surface area (Å²) in [4.78, 5) is 11.0. The van der Waals surface area contributed by atoms with E-state index in [0.29, 0.717) is 0 Å². The Bertz CT molecular complexity index is 248. The molecule has 0 saturated carbocycles. The molecule has 5 atom stereocenters. The van der Waals surface area contributed by atoms with Crippen LogP contribution in [0, 0.1) is 0 Å². The fourth-order valence-corrected chi connectivity index (χ4v) is 1.66. The summed E-state index contributed by atoms with van der Waals surface area (Å²) in [5.74, 6) is -0.637. The van der Waals surface area contributed by atoms with Crippen molar-refractivity contribution in [1.29, 1.82) is 0 Å². The zero-order valence-electron chi connectivity index (χ0n) is 9.16. The molecule has 16 heavy (non-hydrogen) atoms. The van der Waals surface area contributed by atoms with Crippen LogP contribution in [0.15, 0.2) is 0 Å². The summed E-state index contributed by atoms with van der Waals surface area (Å²) in [5, 5.41) is 30.3. The van der Waals surface area contributed by atoms with E-state index in [1.807, 2.05) is 0 Å². The summed E-state index contributed by atoms with van der Waals surface area (Å²) in [5.41, 5.74) is 0. The summed E-state index contributed by atoms with van der Waals surface area (Å²) < 4.78 is 10.1. The first kappa shape index (κ1) is 13.3. The third-order valence-corrected chi connectivity index (χ3v) is 2.55. The summed E-state index contributed by atoms with van der Waals surface area (Å²) >= 11 is 0. The van der Waals surface area contributed by atoms with Crippen molar-refractivity contribution in [3.8, 4) is 0 Å². The minimum absolute atomic E-state index is 0.529. The molecule has 1 aliphatic heterocycles. The molecule has 1 heterocycles. The number of nitrogens with one attached hydrogen (secondary N) is 1. The van der Waals surface area contributed by atoms with Gasteiger partial charge < -0.3 is 30.1 Å². The Kier molecular flexibility index (Phi) is 4.63. The van der Waals surface area contributed by atoms with Crippen LogP contribution in [0.25, 0.3) is 0 Å². The van der Waals surface area contributed by atoms with Crippen molar-refractivity contribution in [2.45, 2.75) is 37.6 Å². The molecule has 0 bridgehead atoms. The van der Waals surface area contributed by atoms with Crippen molar-refractivity contribution in [2.24, 2.45) is 0 Å². The molecule has 0 aromatic heterocycles. The molecule has 0 aromatic carbocycles. The van der Waals surface area contributed by atoms with Gasteiger partial charge in [0.15, 0.2) is 6.29 Å². The highest BCUT2D eigenvalue weighted by atomic mass is 16.7. The highest BCUT2D eigenvalue weighted by Crippen LogP contribution is 2.21. The van der Waals surface area contributed by atoms with E-state index in [2.05, 4.69) is 5.32 Å². The second-order valence-corrected chi connectivity index (χ2v) is 3.68. The smallest absolute Gasteiger partial charge is 0.246 e. The lowest BCUT2D eigenvalue weighted by molar-refractivity contribution is -0.263. The maximum Gasteiger partial charge on any atom is 0.246 e. The van der Waals surface area contributed by atoms with Crippen molar-refractivity contribution in [3.05, 3.63) is 0 Å². The van der Waals surface area contributed by atoms with Crippen LogP contribution in [0.1, 0.15) is 6.92 Å². The molecular weight excluding hydrogens is 218 g/mol. The molecule has 0 aromatic rings. The first-order valence-electron chi connectivity index (χ1n) is 4.96. The predicted molar refractivity (Wildman–Crippen MR) is 52.4 cm³/mol. The molecule has 0 aliphatic carbocycles. The van der Waals surface area contributed by atoms with Crippen LogP contribution in [0.5, 0.6) is 0 Å². The zero-order chi connectivity index (χ0) is 12.3. The van der Waals surface area contributed by atoms with E-state index in [1.54, 1.807) is 6.92 Å². The molecule has 94 valence electrons. The van der Waals surface area contributed by atoms with E-state index in [9.17, 15) is 15.0 Å². The fourth-order valence-electron chi connectivity index (χ4n) is 1.66. The summed E-state index contributed by atoms with van der Waals surface area (Å²) in [6.45, 7) is 0.948. The number of hydrogen-bond donors (Lipinski definition) is 4. The number of carbonyl (C=O) groups excluding carboxylic acids is 1. The third kappa shape index (κ3) is 2.69. The molecule has 1 aliphatic rings. The minimum atomic E-state index is -1.25. The van der Waals surface area contributed by atoms with E-state index < -0.39 is 43.2 Å². The van der Waals surface area contributed by atoms with Crippen molar-refractivity contribution < 1.29 is 29.6 Å². The molecule has 1 fully saturated rings. The highest BCUT2D eigenvalue weighted by molar-refractivity contribution is 5.77. The summed E-state index contributed by atoms with van der Waals surface area (Å²) in [6, 6.07) is -0.777. The Hall–Kier alpha value is -0.730. The van der Waals surface area contributed by atoms with Gasteiger partial charge in [-0.05, 0) is 6.92 Å². The van der Waals surface area contributed by atoms with Crippen LogP contribution < -0.4 is 5.32 Å². The average molecular weight is 235 g/mol. The number of hydrogen-bond acceptors (Lipinski definition) is 6. The van der Waals surface area contributed by atoms with Crippen LogP contribution in [-0.2, 0) is 14.3 Å². The van der Waals surface area contributed by atoms with Gasteiger partial charge in [-0.25, -0.2) is 0 Å². The number of aliphatic hydroxyl groups excluding tert-OH is 3. The van der Waals surface area contributed by atoms with Gasteiger partial charge in [-0.3, -0.25) is 4.79 Å². The van der Waals surface area contributed by atoms with Crippen molar-refractivity contribution in [1.82, 2.24) is 5.32 Å². The number of ether oxygens (including phenoxy) is 2. The van der Waals surface area contributed by atoms with Crippen LogP contribution in [-0.4, -0.2) is 65.6 Å². The lowest BCUT2D eigenvalue weighted by Crippen LogP contribution is -2.63. The van der Waals surface area contributed by atoms with Gasteiger partial charge in [0.2, 0.25) is 5.91 Å². The van der Waals surface area contributed by atoms with Crippen molar-refractivity contribution in [3.63, 3.8) is 0 Å². The number of aliphatic hydroxyl groups is 3. The topological polar surface area (TPSA) is 108 Å². The predicted octanol–water partition coefficient (Wildman–Crippen LogP) is -2.42. The van der Waals surface area contributed by atoms with E-state index >= 15 is 0 Å². The second kappa shape index (κ2) is 5.55. The number of methoxy groups -OCH3 is 1. The first-order chi connectivity index (χ1) is 7.51. The highest BCUT2D eigenvalue weighted by Gasteiger charge is 2.43. The molecule has 0 radical (unpaired) electrons. The SMILES string of the molecule is CO[C@H]1O[C@H](C)[C@@H](NC(=O)CO)[C@H](O)[C@@H]1O. The number of rotatable bonds is 3. The van der Waals surface area contributed by atoms with Gasteiger partial charge >= 0.3 is 0 Å². The lowest BCUT2D eigenvalue weighted by Gasteiger charge is -2.41. The third-order valence-electron chi connectivity index (χ3n) is 2.55. The molecular formula is C9H17NO6. The fraction of sp³-hybridized carbons (Fsp3) is 0.889. The summed E-state index contributed by atoms with van der Waals surface area (Å²) in [7, 11) is 1.35. The van der Waals surface area contributed by atoms with Gasteiger partial charge in [0, 0.05) is 7.11 Å². The molecule has 0 spiro atoms. The monoisotopic (exact) mass is 235 g/mol. The average Bonchev–Trinajstić information content (AvgIpc) is 2.28. The van der Waals surface area contributed by atoms with Gasteiger partial charge in [-0.15, -0.1) is 0 Å². The Labute approximate surface area is 93.0 Å². The maximum atomic E-state index is 11.0. The van der Waals surface area contributed by atoms with Crippen LogP contribution in [0.3, 0.4) is 0 Å². The molecule has 0 unspecified atom stereocenters. The molecule has 7 heteroatoms. The van der Waals surface area contributed by atoms with Crippen molar-refractivity contribution >= 4 is 5.91 Å². The van der Waals surface area contributed by atoms with Crippen LogP contribution in [0.4, 0.5) is 0 Å². The van der Waals surface area contributed by atoms with E-state index in [1.165, 1.54) is 7.11 Å². The zero-order valence-corrected chi connectivity index (χ0v) is 9.16. The number of carbonyl (C=O) groups is 1.